The van der Waals surface area contributed by atoms with Gasteiger partial charge >= 0.3 is 5.97 Å². The third kappa shape index (κ3) is 2.90. The number of rotatable bonds is 3. The number of carboxylic acids is 1. The van der Waals surface area contributed by atoms with Crippen LogP contribution in [0.5, 0.6) is 0 Å². The Labute approximate surface area is 131 Å². The van der Waals surface area contributed by atoms with Crippen LogP contribution in [0.25, 0.3) is 0 Å². The summed E-state index contributed by atoms with van der Waals surface area (Å²) in [6.45, 7) is 1.07. The quantitative estimate of drug-likeness (QED) is 0.651. The van der Waals surface area contributed by atoms with E-state index in [1.54, 1.807) is 0 Å². The first kappa shape index (κ1) is 17.0. The van der Waals surface area contributed by atoms with Gasteiger partial charge in [-0.2, -0.15) is 4.72 Å². The van der Waals surface area contributed by atoms with Gasteiger partial charge in [-0.05, 0) is 19.1 Å². The van der Waals surface area contributed by atoms with Gasteiger partial charge in [-0.15, -0.1) is 0 Å². The van der Waals surface area contributed by atoms with Crippen molar-refractivity contribution in [2.24, 2.45) is 5.14 Å². The molecule has 12 heteroatoms. The summed E-state index contributed by atoms with van der Waals surface area (Å²) >= 11 is 5.84. The molecule has 1 unspecified atom stereocenters. The number of anilines is 1. The van der Waals surface area contributed by atoms with E-state index in [1.165, 1.54) is 11.8 Å². The number of halogens is 1. The predicted molar refractivity (Wildman–Crippen MR) is 77.6 cm³/mol. The van der Waals surface area contributed by atoms with E-state index in [0.29, 0.717) is 0 Å². The molecular weight excluding hydrogens is 358 g/mol. The van der Waals surface area contributed by atoms with Gasteiger partial charge in [0.2, 0.25) is 20.0 Å². The van der Waals surface area contributed by atoms with Gasteiger partial charge in [0.1, 0.15) is 15.8 Å². The molecule has 0 radical (unpaired) electrons. The van der Waals surface area contributed by atoms with Crippen molar-refractivity contribution in [3.05, 3.63) is 17.2 Å². The Hall–Kier alpha value is -1.40. The number of benzene rings is 1. The zero-order chi connectivity index (χ0) is 16.9. The molecule has 2 rings (SSSR count). The normalized spacial score (nSPS) is 18.6. The third-order valence-electron chi connectivity index (χ3n) is 3.17. The van der Waals surface area contributed by atoms with Crippen molar-refractivity contribution in [3.8, 4) is 0 Å². The number of hydrogen-bond acceptors (Lipinski definition) is 6. The maximum Gasteiger partial charge on any atom is 0.326 e. The molecule has 1 atom stereocenters. The highest BCUT2D eigenvalue weighted by molar-refractivity contribution is 7.90. The Kier molecular flexibility index (Phi) is 4.13. The lowest BCUT2D eigenvalue weighted by atomic mass is 10.2. The summed E-state index contributed by atoms with van der Waals surface area (Å²) in [5.41, 5.74) is -0.00829. The number of nitrogens with zero attached hydrogens (tertiary/aromatic N) is 1. The smallest absolute Gasteiger partial charge is 0.326 e. The van der Waals surface area contributed by atoms with E-state index in [2.05, 4.69) is 4.72 Å². The van der Waals surface area contributed by atoms with Gasteiger partial charge in [-0.3, -0.25) is 0 Å². The summed E-state index contributed by atoms with van der Waals surface area (Å²) in [6.07, 6.45) is 0. The summed E-state index contributed by atoms with van der Waals surface area (Å²) in [5.74, 6) is -1.18. The molecule has 122 valence electrons. The molecule has 0 amide bonds. The van der Waals surface area contributed by atoms with Crippen molar-refractivity contribution in [2.45, 2.75) is 22.8 Å². The maximum atomic E-state index is 12.0. The van der Waals surface area contributed by atoms with Gasteiger partial charge < -0.3 is 10.0 Å². The van der Waals surface area contributed by atoms with E-state index in [0.717, 1.165) is 12.1 Å². The number of nitrogens with two attached hydrogens (primary N) is 1. The van der Waals surface area contributed by atoms with Crippen LogP contribution in [0.2, 0.25) is 5.02 Å². The molecule has 1 aliphatic heterocycles. The fraction of sp³-hybridized carbons (Fsp3) is 0.300. The van der Waals surface area contributed by atoms with Crippen LogP contribution in [0.1, 0.15) is 6.92 Å². The van der Waals surface area contributed by atoms with Gasteiger partial charge in [0.25, 0.3) is 0 Å². The van der Waals surface area contributed by atoms with Crippen LogP contribution in [0.15, 0.2) is 21.9 Å². The van der Waals surface area contributed by atoms with Gasteiger partial charge in [-0.1, -0.05) is 11.6 Å². The van der Waals surface area contributed by atoms with Gasteiger partial charge in [-0.25, -0.2) is 26.8 Å². The Morgan fingerprint density at radius 2 is 2.09 bits per heavy atom. The van der Waals surface area contributed by atoms with Gasteiger partial charge in [0.05, 0.1) is 17.4 Å². The van der Waals surface area contributed by atoms with Crippen molar-refractivity contribution in [1.82, 2.24) is 4.72 Å². The minimum atomic E-state index is -4.23. The van der Waals surface area contributed by atoms with Gasteiger partial charge in [0.15, 0.2) is 0 Å². The van der Waals surface area contributed by atoms with Crippen molar-refractivity contribution in [2.75, 3.05) is 11.6 Å². The summed E-state index contributed by atoms with van der Waals surface area (Å²) < 4.78 is 49.1. The first-order valence-electron chi connectivity index (χ1n) is 5.80. The molecule has 0 aliphatic carbocycles. The highest BCUT2D eigenvalue weighted by Crippen LogP contribution is 2.36. The highest BCUT2D eigenvalue weighted by atomic mass is 35.5. The monoisotopic (exact) mass is 369 g/mol. The summed E-state index contributed by atoms with van der Waals surface area (Å²) in [5, 5.41) is 13.8. The topological polar surface area (TPSA) is 147 Å². The molecule has 0 fully saturated rings. The summed E-state index contributed by atoms with van der Waals surface area (Å²) in [7, 11) is -8.23. The Morgan fingerprint density at radius 3 is 2.59 bits per heavy atom. The standard InChI is InChI=1S/C10H12ClN3O6S2/c1-5(10(15)16)14-4-13-22(19,20)9-3-8(21(12,17)18)6(11)2-7(9)14/h2-3,5,13H,4H2,1H3,(H,15,16)(H2,12,17,18). The number of aliphatic carboxylic acids is 1. The number of sulfonamides is 2. The molecule has 9 nitrogen and oxygen atoms in total. The molecule has 1 aromatic carbocycles. The van der Waals surface area contributed by atoms with Crippen LogP contribution in [0.3, 0.4) is 0 Å². The molecule has 0 spiro atoms. The zero-order valence-electron chi connectivity index (χ0n) is 11.1. The first-order chi connectivity index (χ1) is 9.95. The van der Waals surface area contributed by atoms with Crippen molar-refractivity contribution in [1.29, 1.82) is 0 Å². The predicted octanol–water partition coefficient (Wildman–Crippen LogP) is -0.484. The van der Waals surface area contributed by atoms with E-state index in [1.807, 2.05) is 0 Å². The van der Waals surface area contributed by atoms with Crippen LogP contribution >= 0.6 is 11.6 Å². The van der Waals surface area contributed by atoms with Crippen molar-refractivity contribution < 1.29 is 26.7 Å². The number of nitrogens with one attached hydrogen (secondary N) is 1. The molecular formula is C10H12ClN3O6S2. The second-order valence-electron chi connectivity index (χ2n) is 4.59. The number of hydrogen-bond donors (Lipinski definition) is 3. The van der Waals surface area contributed by atoms with Crippen LogP contribution in [-0.4, -0.2) is 40.6 Å². The second kappa shape index (κ2) is 5.35. The van der Waals surface area contributed by atoms with E-state index in [9.17, 15) is 21.6 Å². The van der Waals surface area contributed by atoms with E-state index < -0.39 is 41.8 Å². The summed E-state index contributed by atoms with van der Waals surface area (Å²) in [6, 6.07) is 0.836. The molecule has 0 saturated carbocycles. The average Bonchev–Trinajstić information content (AvgIpc) is 2.35. The molecule has 22 heavy (non-hydrogen) atoms. The average molecular weight is 370 g/mol. The summed E-state index contributed by atoms with van der Waals surface area (Å²) in [4.78, 5) is 11.4. The minimum Gasteiger partial charge on any atom is -0.480 e. The zero-order valence-corrected chi connectivity index (χ0v) is 13.5. The number of primary sulfonamides is 1. The molecule has 1 heterocycles. The van der Waals surface area contributed by atoms with Crippen LogP contribution in [0.4, 0.5) is 5.69 Å². The lowest BCUT2D eigenvalue weighted by Gasteiger charge is -2.34. The third-order valence-corrected chi connectivity index (χ3v) is 5.96. The van der Waals surface area contributed by atoms with Crippen molar-refractivity contribution >= 4 is 43.3 Å². The highest BCUT2D eigenvalue weighted by Gasteiger charge is 2.34. The van der Waals surface area contributed by atoms with Crippen LogP contribution in [-0.2, 0) is 24.8 Å². The maximum absolute atomic E-state index is 12.0. The lowest BCUT2D eigenvalue weighted by Crippen LogP contribution is -2.50. The molecule has 0 saturated heterocycles. The SMILES string of the molecule is CC(C(=O)O)N1CNS(=O)(=O)c2cc(S(N)(=O)=O)c(Cl)cc21. The Balaban J connectivity index is 2.75. The Morgan fingerprint density at radius 1 is 1.50 bits per heavy atom. The molecule has 0 aromatic heterocycles. The van der Waals surface area contributed by atoms with Crippen LogP contribution < -0.4 is 14.8 Å². The molecule has 1 aliphatic rings. The van der Waals surface area contributed by atoms with Gasteiger partial charge in [0, 0.05) is 0 Å². The van der Waals surface area contributed by atoms with Crippen molar-refractivity contribution in [3.63, 3.8) is 0 Å². The van der Waals surface area contributed by atoms with Crippen LogP contribution in [0, 0.1) is 0 Å². The number of carboxylic acid groups (broad SMARTS) is 1. The Bertz CT molecular complexity index is 852. The van der Waals surface area contributed by atoms with E-state index in [4.69, 9.17) is 21.8 Å². The fourth-order valence-electron chi connectivity index (χ4n) is 1.98. The van der Waals surface area contributed by atoms with E-state index >= 15 is 0 Å². The molecule has 4 N–H and O–H groups in total. The molecule has 1 aromatic rings. The first-order valence-corrected chi connectivity index (χ1v) is 9.21. The molecule has 0 bridgehead atoms. The van der Waals surface area contributed by atoms with E-state index in [-0.39, 0.29) is 17.4 Å². The lowest BCUT2D eigenvalue weighted by molar-refractivity contribution is -0.138. The number of fused-ring (bicyclic) bond motifs is 1. The second-order valence-corrected chi connectivity index (χ2v) is 8.26. The number of carbonyl (C=O) groups is 1. The largest absolute Gasteiger partial charge is 0.480 e. The minimum absolute atomic E-state index is 0.00829. The fourth-order valence-corrected chi connectivity index (χ4v) is 4.34.